The molecule has 0 fully saturated rings. The molecule has 0 aliphatic rings. The Hall–Kier alpha value is -2.93. The number of amides is 1. The lowest BCUT2D eigenvalue weighted by Gasteiger charge is -2.04. The molecule has 7 heteroatoms. The highest BCUT2D eigenvalue weighted by Gasteiger charge is 2.13. The van der Waals surface area contributed by atoms with Crippen LogP contribution in [-0.4, -0.2) is 30.2 Å². The first kappa shape index (κ1) is 19.8. The van der Waals surface area contributed by atoms with Crippen LogP contribution in [0.4, 0.5) is 0 Å². The number of thiazole rings is 1. The molecule has 1 heterocycles. The van der Waals surface area contributed by atoms with E-state index < -0.39 is 5.97 Å². The van der Waals surface area contributed by atoms with Crippen molar-refractivity contribution in [1.82, 2.24) is 4.57 Å². The predicted octanol–water partition coefficient (Wildman–Crippen LogP) is 3.58. The average Bonchev–Trinajstić information content (AvgIpc) is 3.04. The molecule has 6 nitrogen and oxygen atoms in total. The van der Waals surface area contributed by atoms with Crippen LogP contribution >= 0.6 is 11.3 Å². The Bertz CT molecular complexity index is 1060. The number of benzene rings is 2. The van der Waals surface area contributed by atoms with E-state index in [0.717, 1.165) is 16.6 Å². The van der Waals surface area contributed by atoms with Crippen LogP contribution in [0.25, 0.3) is 10.2 Å². The number of hydrogen-bond acceptors (Lipinski definition) is 5. The van der Waals surface area contributed by atoms with Gasteiger partial charge in [-0.05, 0) is 55.3 Å². The highest BCUT2D eigenvalue weighted by molar-refractivity contribution is 7.16. The standard InChI is InChI=1S/C21H22N2O4S/c1-4-14-6-11-17-18(12-14)28-21(23(17)13-19(24)26-3)22-20(25)15-7-9-16(10-8-15)27-5-2/h6-12H,4-5,13H2,1-3H3. The molecule has 0 saturated heterocycles. The van der Waals surface area contributed by atoms with Gasteiger partial charge in [0.2, 0.25) is 0 Å². The number of fused-ring (bicyclic) bond motifs is 1. The molecule has 28 heavy (non-hydrogen) atoms. The number of hydrogen-bond donors (Lipinski definition) is 0. The van der Waals surface area contributed by atoms with Crippen LogP contribution in [0.3, 0.4) is 0 Å². The molecule has 3 aromatic rings. The zero-order valence-corrected chi connectivity index (χ0v) is 16.9. The Morgan fingerprint density at radius 2 is 1.86 bits per heavy atom. The van der Waals surface area contributed by atoms with Crippen molar-refractivity contribution in [3.63, 3.8) is 0 Å². The van der Waals surface area contributed by atoms with Crippen molar-refractivity contribution in [2.24, 2.45) is 4.99 Å². The Kier molecular flexibility index (Phi) is 6.26. The summed E-state index contributed by atoms with van der Waals surface area (Å²) in [5.41, 5.74) is 2.49. The van der Waals surface area contributed by atoms with E-state index in [2.05, 4.69) is 18.0 Å². The van der Waals surface area contributed by atoms with Gasteiger partial charge in [0.15, 0.2) is 4.80 Å². The van der Waals surface area contributed by atoms with E-state index >= 15 is 0 Å². The van der Waals surface area contributed by atoms with Crippen LogP contribution in [-0.2, 0) is 22.5 Å². The van der Waals surface area contributed by atoms with Crippen LogP contribution in [0, 0.1) is 0 Å². The molecule has 1 amide bonds. The molecule has 0 atom stereocenters. The Morgan fingerprint density at radius 1 is 1.11 bits per heavy atom. The third kappa shape index (κ3) is 4.31. The van der Waals surface area contributed by atoms with E-state index in [4.69, 9.17) is 9.47 Å². The fourth-order valence-corrected chi connectivity index (χ4v) is 3.87. The lowest BCUT2D eigenvalue weighted by molar-refractivity contribution is -0.141. The number of carbonyl (C=O) groups excluding carboxylic acids is 2. The molecule has 146 valence electrons. The van der Waals surface area contributed by atoms with Crippen molar-refractivity contribution in [2.45, 2.75) is 26.8 Å². The number of carbonyl (C=O) groups is 2. The number of aryl methyl sites for hydroxylation is 1. The number of rotatable bonds is 6. The molecular formula is C21H22N2O4S. The van der Waals surface area contributed by atoms with Gasteiger partial charge >= 0.3 is 5.97 Å². The van der Waals surface area contributed by atoms with Gasteiger partial charge in [0.05, 0.1) is 23.9 Å². The molecule has 0 aliphatic carbocycles. The summed E-state index contributed by atoms with van der Waals surface area (Å²) in [4.78, 5) is 29.3. The van der Waals surface area contributed by atoms with Crippen molar-refractivity contribution in [1.29, 1.82) is 0 Å². The summed E-state index contributed by atoms with van der Waals surface area (Å²) < 4.78 is 12.9. The van der Waals surface area contributed by atoms with Gasteiger partial charge in [-0.15, -0.1) is 0 Å². The quantitative estimate of drug-likeness (QED) is 0.595. The molecule has 0 saturated carbocycles. The highest BCUT2D eigenvalue weighted by Crippen LogP contribution is 2.20. The number of aromatic nitrogens is 1. The molecule has 0 bridgehead atoms. The summed E-state index contributed by atoms with van der Waals surface area (Å²) in [6.45, 7) is 4.54. The van der Waals surface area contributed by atoms with Crippen LogP contribution < -0.4 is 9.54 Å². The summed E-state index contributed by atoms with van der Waals surface area (Å²) in [5.74, 6) is -0.0630. The molecule has 1 aromatic heterocycles. The van der Waals surface area contributed by atoms with Gasteiger partial charge in [0.1, 0.15) is 12.3 Å². The Morgan fingerprint density at radius 3 is 2.50 bits per heavy atom. The van der Waals surface area contributed by atoms with Crippen molar-refractivity contribution in [2.75, 3.05) is 13.7 Å². The normalized spacial score (nSPS) is 11.6. The van der Waals surface area contributed by atoms with Gasteiger partial charge in [0.25, 0.3) is 5.91 Å². The second kappa shape index (κ2) is 8.84. The molecule has 0 radical (unpaired) electrons. The van der Waals surface area contributed by atoms with Crippen LogP contribution in [0.5, 0.6) is 5.75 Å². The van der Waals surface area contributed by atoms with Gasteiger partial charge in [-0.3, -0.25) is 9.59 Å². The van der Waals surface area contributed by atoms with Gasteiger partial charge < -0.3 is 14.0 Å². The van der Waals surface area contributed by atoms with E-state index in [9.17, 15) is 9.59 Å². The summed E-state index contributed by atoms with van der Waals surface area (Å²) in [5, 5.41) is 0. The summed E-state index contributed by atoms with van der Waals surface area (Å²) in [6.07, 6.45) is 0.905. The molecule has 0 aliphatic heterocycles. The first-order valence-corrected chi connectivity index (χ1v) is 9.88. The predicted molar refractivity (Wildman–Crippen MR) is 109 cm³/mol. The maximum absolute atomic E-state index is 12.7. The van der Waals surface area contributed by atoms with Crippen molar-refractivity contribution < 1.29 is 19.1 Å². The van der Waals surface area contributed by atoms with Crippen LogP contribution in [0.15, 0.2) is 47.5 Å². The SMILES string of the molecule is CCOc1ccc(C(=O)N=c2sc3cc(CC)ccc3n2CC(=O)OC)cc1. The molecular weight excluding hydrogens is 376 g/mol. The first-order valence-electron chi connectivity index (χ1n) is 9.06. The van der Waals surface area contributed by atoms with Crippen molar-refractivity contribution >= 4 is 33.4 Å². The summed E-state index contributed by atoms with van der Waals surface area (Å²) in [6, 6.07) is 12.9. The fraction of sp³-hybridized carbons (Fsp3) is 0.286. The maximum Gasteiger partial charge on any atom is 0.325 e. The molecule has 3 rings (SSSR count). The fourth-order valence-electron chi connectivity index (χ4n) is 2.78. The lowest BCUT2D eigenvalue weighted by atomic mass is 10.2. The minimum atomic E-state index is -0.394. The summed E-state index contributed by atoms with van der Waals surface area (Å²) in [7, 11) is 1.34. The van der Waals surface area contributed by atoms with Crippen molar-refractivity contribution in [3.8, 4) is 5.75 Å². The number of methoxy groups -OCH3 is 1. The van der Waals surface area contributed by atoms with Gasteiger partial charge in [-0.1, -0.05) is 24.3 Å². The van der Waals surface area contributed by atoms with Crippen molar-refractivity contribution in [3.05, 3.63) is 58.4 Å². The average molecular weight is 398 g/mol. The largest absolute Gasteiger partial charge is 0.494 e. The first-order chi connectivity index (χ1) is 13.5. The minimum Gasteiger partial charge on any atom is -0.494 e. The topological polar surface area (TPSA) is 69.9 Å². The van der Waals surface area contributed by atoms with Crippen LogP contribution in [0.1, 0.15) is 29.8 Å². The number of esters is 1. The Labute approximate surface area is 167 Å². The Balaban J connectivity index is 2.05. The minimum absolute atomic E-state index is 0.00262. The zero-order chi connectivity index (χ0) is 20.1. The third-order valence-corrected chi connectivity index (χ3v) is 5.32. The van der Waals surface area contributed by atoms with Gasteiger partial charge in [-0.25, -0.2) is 0 Å². The monoisotopic (exact) mass is 398 g/mol. The third-order valence-electron chi connectivity index (χ3n) is 4.28. The van der Waals surface area contributed by atoms with Crippen LogP contribution in [0.2, 0.25) is 0 Å². The van der Waals surface area contributed by atoms with Gasteiger partial charge in [-0.2, -0.15) is 4.99 Å². The zero-order valence-electron chi connectivity index (χ0n) is 16.1. The van der Waals surface area contributed by atoms with Gasteiger partial charge in [0, 0.05) is 5.56 Å². The second-order valence-corrected chi connectivity index (χ2v) is 7.09. The highest BCUT2D eigenvalue weighted by atomic mass is 32.1. The molecule has 0 spiro atoms. The van der Waals surface area contributed by atoms with E-state index in [0.29, 0.717) is 22.7 Å². The summed E-state index contributed by atoms with van der Waals surface area (Å²) >= 11 is 1.38. The smallest absolute Gasteiger partial charge is 0.325 e. The number of ether oxygens (including phenoxy) is 2. The lowest BCUT2D eigenvalue weighted by Crippen LogP contribution is -2.22. The second-order valence-electron chi connectivity index (χ2n) is 6.08. The number of nitrogens with zero attached hydrogens (tertiary/aromatic N) is 2. The maximum atomic E-state index is 12.7. The molecule has 0 N–H and O–H groups in total. The molecule has 2 aromatic carbocycles. The molecule has 0 unspecified atom stereocenters. The van der Waals surface area contributed by atoms with E-state index in [1.807, 2.05) is 19.1 Å². The van der Waals surface area contributed by atoms with E-state index in [-0.39, 0.29) is 12.5 Å². The van der Waals surface area contributed by atoms with E-state index in [1.165, 1.54) is 24.0 Å². The van der Waals surface area contributed by atoms with E-state index in [1.54, 1.807) is 28.8 Å².